The number of benzene rings is 1. The molecule has 0 aromatic heterocycles. The molecule has 0 fully saturated rings. The van der Waals surface area contributed by atoms with E-state index in [9.17, 15) is 0 Å². The fraction of sp³-hybridized carbons (Fsp3) is 0.300. The first kappa shape index (κ1) is 10.7. The van der Waals surface area contributed by atoms with E-state index in [0.29, 0.717) is 5.56 Å². The first-order valence-electron chi connectivity index (χ1n) is 4.02. The number of rotatable bonds is 3. The van der Waals surface area contributed by atoms with E-state index in [4.69, 9.17) is 5.26 Å². The van der Waals surface area contributed by atoms with Crippen LogP contribution >= 0.6 is 31.9 Å². The van der Waals surface area contributed by atoms with Gasteiger partial charge in [-0.25, -0.2) is 0 Å². The lowest BCUT2D eigenvalue weighted by molar-refractivity contribution is 0.934. The highest BCUT2D eigenvalue weighted by atomic mass is 79.9. The summed E-state index contributed by atoms with van der Waals surface area (Å²) in [6.07, 6.45) is 2.15. The van der Waals surface area contributed by atoms with E-state index in [-0.39, 0.29) is 0 Å². The van der Waals surface area contributed by atoms with Gasteiger partial charge in [0.25, 0.3) is 0 Å². The third-order valence-corrected chi connectivity index (χ3v) is 3.06. The van der Waals surface area contributed by atoms with Crippen molar-refractivity contribution in [2.45, 2.75) is 12.8 Å². The van der Waals surface area contributed by atoms with Crippen LogP contribution in [-0.2, 0) is 6.42 Å². The molecule has 0 radical (unpaired) electrons. The lowest BCUT2D eigenvalue weighted by Crippen LogP contribution is -1.88. The van der Waals surface area contributed by atoms with Crippen LogP contribution in [0.15, 0.2) is 22.7 Å². The third-order valence-electron chi connectivity index (χ3n) is 1.76. The van der Waals surface area contributed by atoms with Gasteiger partial charge in [-0.15, -0.1) is 0 Å². The van der Waals surface area contributed by atoms with E-state index >= 15 is 0 Å². The first-order valence-corrected chi connectivity index (χ1v) is 5.94. The van der Waals surface area contributed by atoms with Gasteiger partial charge in [-0.1, -0.05) is 37.9 Å². The van der Waals surface area contributed by atoms with Crippen molar-refractivity contribution in [2.75, 3.05) is 5.33 Å². The van der Waals surface area contributed by atoms with Gasteiger partial charge in [-0.05, 0) is 30.5 Å². The van der Waals surface area contributed by atoms with Crippen molar-refractivity contribution in [3.63, 3.8) is 0 Å². The normalized spacial score (nSPS) is 9.62. The predicted octanol–water partition coefficient (Wildman–Crippen LogP) is 3.65. The molecule has 13 heavy (non-hydrogen) atoms. The summed E-state index contributed by atoms with van der Waals surface area (Å²) in [5.41, 5.74) is 1.97. The van der Waals surface area contributed by atoms with Gasteiger partial charge in [0, 0.05) is 9.80 Å². The Morgan fingerprint density at radius 2 is 2.15 bits per heavy atom. The van der Waals surface area contributed by atoms with Gasteiger partial charge in [-0.2, -0.15) is 5.26 Å². The molecule has 68 valence electrons. The van der Waals surface area contributed by atoms with Crippen LogP contribution in [0.2, 0.25) is 0 Å². The number of halogens is 2. The molecule has 0 aliphatic rings. The maximum Gasteiger partial charge on any atom is 0.0992 e. The van der Waals surface area contributed by atoms with Crippen molar-refractivity contribution in [2.24, 2.45) is 0 Å². The molecular formula is C10H9Br2N. The second-order valence-electron chi connectivity index (χ2n) is 2.71. The SMILES string of the molecule is N#Cc1ccc(CCCBr)c(Br)c1. The Bertz CT molecular complexity index is 328. The molecule has 0 unspecified atom stereocenters. The van der Waals surface area contributed by atoms with Gasteiger partial charge < -0.3 is 0 Å². The van der Waals surface area contributed by atoms with Crippen LogP contribution in [0.1, 0.15) is 17.5 Å². The van der Waals surface area contributed by atoms with Gasteiger partial charge >= 0.3 is 0 Å². The number of nitrogens with zero attached hydrogens (tertiary/aromatic N) is 1. The molecule has 0 bridgehead atoms. The van der Waals surface area contributed by atoms with E-state index < -0.39 is 0 Å². The quantitative estimate of drug-likeness (QED) is 0.782. The maximum absolute atomic E-state index is 8.65. The third kappa shape index (κ3) is 3.13. The molecule has 1 nitrogen and oxygen atoms in total. The highest BCUT2D eigenvalue weighted by Gasteiger charge is 2.00. The average Bonchev–Trinajstić information content (AvgIpc) is 2.16. The highest BCUT2D eigenvalue weighted by Crippen LogP contribution is 2.19. The largest absolute Gasteiger partial charge is 0.192 e. The number of alkyl halides is 1. The van der Waals surface area contributed by atoms with E-state index in [2.05, 4.69) is 37.9 Å². The maximum atomic E-state index is 8.65. The highest BCUT2D eigenvalue weighted by molar-refractivity contribution is 9.10. The summed E-state index contributed by atoms with van der Waals surface area (Å²) in [4.78, 5) is 0. The zero-order chi connectivity index (χ0) is 9.68. The molecule has 1 rings (SSSR count). The fourth-order valence-corrected chi connectivity index (χ4v) is 1.93. The Morgan fingerprint density at radius 3 is 2.69 bits per heavy atom. The lowest BCUT2D eigenvalue weighted by atomic mass is 10.1. The molecule has 3 heteroatoms. The molecule has 1 aromatic rings. The molecule has 0 spiro atoms. The number of nitriles is 1. The van der Waals surface area contributed by atoms with Gasteiger partial charge in [0.05, 0.1) is 11.6 Å². The number of hydrogen-bond donors (Lipinski definition) is 0. The first-order chi connectivity index (χ1) is 6.27. The second-order valence-corrected chi connectivity index (χ2v) is 4.36. The summed E-state index contributed by atoms with van der Waals surface area (Å²) < 4.78 is 1.03. The van der Waals surface area contributed by atoms with Crippen LogP contribution < -0.4 is 0 Å². The van der Waals surface area contributed by atoms with Crippen LogP contribution in [0.4, 0.5) is 0 Å². The van der Waals surface area contributed by atoms with Crippen LogP contribution in [0.3, 0.4) is 0 Å². The van der Waals surface area contributed by atoms with Crippen molar-refractivity contribution < 1.29 is 0 Å². The Hall–Kier alpha value is -0.330. The van der Waals surface area contributed by atoms with Gasteiger partial charge in [0.2, 0.25) is 0 Å². The Labute approximate surface area is 95.0 Å². The smallest absolute Gasteiger partial charge is 0.0992 e. The predicted molar refractivity (Wildman–Crippen MR) is 61.0 cm³/mol. The van der Waals surface area contributed by atoms with E-state index in [0.717, 1.165) is 22.6 Å². The lowest BCUT2D eigenvalue weighted by Gasteiger charge is -2.02. The summed E-state index contributed by atoms with van der Waals surface area (Å²) in [6.45, 7) is 0. The van der Waals surface area contributed by atoms with E-state index in [1.54, 1.807) is 0 Å². The summed E-state index contributed by atoms with van der Waals surface area (Å²) in [7, 11) is 0. The van der Waals surface area contributed by atoms with Crippen molar-refractivity contribution in [1.82, 2.24) is 0 Å². The van der Waals surface area contributed by atoms with Crippen molar-refractivity contribution in [3.8, 4) is 6.07 Å². The van der Waals surface area contributed by atoms with Crippen LogP contribution in [0.5, 0.6) is 0 Å². The molecule has 0 N–H and O–H groups in total. The molecule has 0 aliphatic carbocycles. The van der Waals surface area contributed by atoms with Gasteiger partial charge in [0.1, 0.15) is 0 Å². The molecule has 1 aromatic carbocycles. The standard InChI is InChI=1S/C10H9Br2N/c11-5-1-2-9-4-3-8(7-13)6-10(9)12/h3-4,6H,1-2,5H2. The summed E-state index contributed by atoms with van der Waals surface area (Å²) in [5, 5.41) is 9.66. The van der Waals surface area contributed by atoms with E-state index in [1.807, 2.05) is 18.2 Å². The van der Waals surface area contributed by atoms with Gasteiger partial charge in [-0.3, -0.25) is 0 Å². The fourth-order valence-electron chi connectivity index (χ4n) is 1.08. The topological polar surface area (TPSA) is 23.8 Å². The van der Waals surface area contributed by atoms with Crippen LogP contribution in [-0.4, -0.2) is 5.33 Å². The molecule has 0 amide bonds. The minimum atomic E-state index is 0.703. The Balaban J connectivity index is 2.81. The van der Waals surface area contributed by atoms with Crippen molar-refractivity contribution >= 4 is 31.9 Å². The van der Waals surface area contributed by atoms with Crippen LogP contribution in [0.25, 0.3) is 0 Å². The van der Waals surface area contributed by atoms with Crippen molar-refractivity contribution in [3.05, 3.63) is 33.8 Å². The monoisotopic (exact) mass is 301 g/mol. The molecule has 0 atom stereocenters. The molecule has 0 heterocycles. The van der Waals surface area contributed by atoms with Crippen molar-refractivity contribution in [1.29, 1.82) is 5.26 Å². The zero-order valence-electron chi connectivity index (χ0n) is 7.06. The van der Waals surface area contributed by atoms with E-state index in [1.165, 1.54) is 5.56 Å². The average molecular weight is 303 g/mol. The number of hydrogen-bond acceptors (Lipinski definition) is 1. The minimum Gasteiger partial charge on any atom is -0.192 e. The molecule has 0 saturated carbocycles. The zero-order valence-corrected chi connectivity index (χ0v) is 10.2. The summed E-state index contributed by atoms with van der Waals surface area (Å²) >= 11 is 6.84. The second kappa shape index (κ2) is 5.41. The summed E-state index contributed by atoms with van der Waals surface area (Å²) in [5.74, 6) is 0. The Morgan fingerprint density at radius 1 is 1.38 bits per heavy atom. The molecular weight excluding hydrogens is 294 g/mol. The van der Waals surface area contributed by atoms with Gasteiger partial charge in [0.15, 0.2) is 0 Å². The Kier molecular flexibility index (Phi) is 4.47. The van der Waals surface area contributed by atoms with Crippen LogP contribution in [0, 0.1) is 11.3 Å². The minimum absolute atomic E-state index is 0.703. The molecule has 0 saturated heterocycles. The number of aryl methyl sites for hydroxylation is 1. The molecule has 0 aliphatic heterocycles. The summed E-state index contributed by atoms with van der Waals surface area (Å²) in [6, 6.07) is 7.84.